The van der Waals surface area contributed by atoms with Gasteiger partial charge in [0, 0.05) is 37.1 Å². The minimum Gasteiger partial charge on any atom is -0.481 e. The molecule has 0 aliphatic carbocycles. The van der Waals surface area contributed by atoms with Crippen LogP contribution in [0.4, 0.5) is 5.95 Å². The van der Waals surface area contributed by atoms with Crippen LogP contribution in [0.1, 0.15) is 31.2 Å². The van der Waals surface area contributed by atoms with Crippen molar-refractivity contribution < 1.29 is 9.90 Å². The molecule has 0 aromatic carbocycles. The number of hydrogen-bond donors (Lipinski definition) is 2. The maximum Gasteiger partial charge on any atom is 0.307 e. The van der Waals surface area contributed by atoms with Gasteiger partial charge in [0.2, 0.25) is 5.95 Å². The molecule has 2 fully saturated rings. The maximum atomic E-state index is 11.2. The van der Waals surface area contributed by atoms with E-state index in [1.165, 1.54) is 0 Å². The predicted octanol–water partition coefficient (Wildman–Crippen LogP) is 0.820. The first-order valence-corrected chi connectivity index (χ1v) is 8.37. The summed E-state index contributed by atoms with van der Waals surface area (Å²) in [4.78, 5) is 24.1. The Hall–Kier alpha value is -1.73. The van der Waals surface area contributed by atoms with Crippen molar-refractivity contribution in [3.8, 4) is 0 Å². The van der Waals surface area contributed by atoms with Gasteiger partial charge in [0.05, 0.1) is 5.92 Å². The van der Waals surface area contributed by atoms with Crippen molar-refractivity contribution in [1.82, 2.24) is 19.8 Å². The second kappa shape index (κ2) is 7.23. The number of nitrogens with two attached hydrogens (primary N) is 1. The average molecular weight is 319 g/mol. The molecule has 3 rings (SSSR count). The summed E-state index contributed by atoms with van der Waals surface area (Å²) in [5.74, 6) is -0.519. The lowest BCUT2D eigenvalue weighted by molar-refractivity contribution is -0.144. The lowest BCUT2D eigenvalue weighted by Gasteiger charge is -2.41. The van der Waals surface area contributed by atoms with Crippen LogP contribution in [0.2, 0.25) is 0 Å². The third-order valence-corrected chi connectivity index (χ3v) is 5.01. The highest BCUT2D eigenvalue weighted by atomic mass is 16.4. The second-order valence-corrected chi connectivity index (χ2v) is 6.63. The zero-order chi connectivity index (χ0) is 16.2. The van der Waals surface area contributed by atoms with Crippen LogP contribution in [0.25, 0.3) is 0 Å². The smallest absolute Gasteiger partial charge is 0.307 e. The third kappa shape index (κ3) is 4.17. The van der Waals surface area contributed by atoms with Gasteiger partial charge in [-0.15, -0.1) is 0 Å². The number of likely N-dealkylation sites (tertiary alicyclic amines) is 2. The van der Waals surface area contributed by atoms with Gasteiger partial charge in [-0.05, 0) is 45.3 Å². The van der Waals surface area contributed by atoms with Gasteiger partial charge in [-0.3, -0.25) is 14.6 Å². The molecule has 1 atom stereocenters. The molecule has 2 aliphatic heterocycles. The standard InChI is InChI=1S/C16H25N5O2/c17-16-18-8-12(9-19-16)10-20-6-3-14(4-7-20)21-5-1-2-13(11-21)15(22)23/h8-9,13-14H,1-7,10-11H2,(H,22,23)(H2,17,18,19)/t13-/m0/s1. The normalized spacial score (nSPS) is 24.6. The van der Waals surface area contributed by atoms with Gasteiger partial charge in [-0.1, -0.05) is 0 Å². The minimum absolute atomic E-state index is 0.186. The Morgan fingerprint density at radius 1 is 1.22 bits per heavy atom. The molecule has 3 heterocycles. The first-order chi connectivity index (χ1) is 11.1. The maximum absolute atomic E-state index is 11.2. The van der Waals surface area contributed by atoms with Crippen LogP contribution in [0.5, 0.6) is 0 Å². The van der Waals surface area contributed by atoms with Crippen molar-refractivity contribution >= 4 is 11.9 Å². The number of anilines is 1. The fraction of sp³-hybridized carbons (Fsp3) is 0.688. The van der Waals surface area contributed by atoms with Crippen LogP contribution < -0.4 is 5.73 Å². The lowest BCUT2D eigenvalue weighted by Crippen LogP contribution is -2.49. The summed E-state index contributed by atoms with van der Waals surface area (Å²) in [6, 6.07) is 0.524. The zero-order valence-corrected chi connectivity index (χ0v) is 13.4. The summed E-state index contributed by atoms with van der Waals surface area (Å²) in [5, 5.41) is 9.22. The molecule has 0 radical (unpaired) electrons. The van der Waals surface area contributed by atoms with E-state index < -0.39 is 5.97 Å². The molecule has 0 bridgehead atoms. The molecule has 7 heteroatoms. The van der Waals surface area contributed by atoms with E-state index in [-0.39, 0.29) is 5.92 Å². The van der Waals surface area contributed by atoms with Gasteiger partial charge in [0.15, 0.2) is 0 Å². The molecule has 2 saturated heterocycles. The van der Waals surface area contributed by atoms with E-state index >= 15 is 0 Å². The first kappa shape index (κ1) is 16.1. The number of aliphatic carboxylic acids is 1. The molecule has 0 amide bonds. The van der Waals surface area contributed by atoms with Crippen LogP contribution in [0, 0.1) is 5.92 Å². The molecule has 1 aromatic heterocycles. The summed E-state index contributed by atoms with van der Waals surface area (Å²) in [6.07, 6.45) is 7.60. The van der Waals surface area contributed by atoms with Crippen LogP contribution in [0.15, 0.2) is 12.4 Å². The highest BCUT2D eigenvalue weighted by molar-refractivity contribution is 5.70. The van der Waals surface area contributed by atoms with Crippen molar-refractivity contribution in [2.45, 2.75) is 38.3 Å². The van der Waals surface area contributed by atoms with Crippen molar-refractivity contribution in [3.05, 3.63) is 18.0 Å². The first-order valence-electron chi connectivity index (χ1n) is 8.37. The summed E-state index contributed by atoms with van der Waals surface area (Å²) in [6.45, 7) is 4.67. The van der Waals surface area contributed by atoms with Crippen molar-refractivity contribution in [3.63, 3.8) is 0 Å². The molecule has 126 valence electrons. The highest BCUT2D eigenvalue weighted by Gasteiger charge is 2.31. The Balaban J connectivity index is 1.48. The molecular formula is C16H25N5O2. The molecule has 2 aliphatic rings. The van der Waals surface area contributed by atoms with E-state index in [9.17, 15) is 9.90 Å². The monoisotopic (exact) mass is 319 g/mol. The number of aromatic nitrogens is 2. The number of nitrogens with zero attached hydrogens (tertiary/aromatic N) is 4. The number of rotatable bonds is 4. The van der Waals surface area contributed by atoms with Gasteiger partial charge in [0.25, 0.3) is 0 Å². The minimum atomic E-state index is -0.643. The largest absolute Gasteiger partial charge is 0.481 e. The zero-order valence-electron chi connectivity index (χ0n) is 13.4. The summed E-state index contributed by atoms with van der Waals surface area (Å²) in [5.41, 5.74) is 6.59. The number of piperidine rings is 2. The highest BCUT2D eigenvalue weighted by Crippen LogP contribution is 2.24. The van der Waals surface area contributed by atoms with Crippen LogP contribution >= 0.6 is 0 Å². The van der Waals surface area contributed by atoms with Gasteiger partial charge in [-0.2, -0.15) is 0 Å². The molecule has 23 heavy (non-hydrogen) atoms. The van der Waals surface area contributed by atoms with Gasteiger partial charge >= 0.3 is 5.97 Å². The number of carboxylic acids is 1. The van der Waals surface area contributed by atoms with E-state index in [4.69, 9.17) is 5.73 Å². The van der Waals surface area contributed by atoms with Gasteiger partial charge < -0.3 is 10.8 Å². The fourth-order valence-electron chi connectivity index (χ4n) is 3.69. The number of hydrogen-bond acceptors (Lipinski definition) is 6. The molecule has 7 nitrogen and oxygen atoms in total. The third-order valence-electron chi connectivity index (χ3n) is 5.01. The Labute approximate surface area is 136 Å². The van der Waals surface area contributed by atoms with E-state index in [2.05, 4.69) is 19.8 Å². The lowest BCUT2D eigenvalue weighted by atomic mass is 9.94. The summed E-state index contributed by atoms with van der Waals surface area (Å²) < 4.78 is 0. The summed E-state index contributed by atoms with van der Waals surface area (Å²) >= 11 is 0. The molecule has 0 unspecified atom stereocenters. The summed E-state index contributed by atoms with van der Waals surface area (Å²) in [7, 11) is 0. The van der Waals surface area contributed by atoms with Crippen molar-refractivity contribution in [1.29, 1.82) is 0 Å². The molecule has 0 saturated carbocycles. The van der Waals surface area contributed by atoms with E-state index in [1.807, 2.05) is 0 Å². The van der Waals surface area contributed by atoms with E-state index in [0.29, 0.717) is 18.5 Å². The Morgan fingerprint density at radius 2 is 1.91 bits per heavy atom. The molecule has 0 spiro atoms. The topological polar surface area (TPSA) is 95.6 Å². The number of nitrogen functional groups attached to an aromatic ring is 1. The molecule has 3 N–H and O–H groups in total. The van der Waals surface area contributed by atoms with Crippen LogP contribution in [-0.4, -0.2) is 63.1 Å². The van der Waals surface area contributed by atoms with Crippen molar-refractivity contribution in [2.75, 3.05) is 31.9 Å². The van der Waals surface area contributed by atoms with Crippen LogP contribution in [0.3, 0.4) is 0 Å². The second-order valence-electron chi connectivity index (χ2n) is 6.63. The van der Waals surface area contributed by atoms with Gasteiger partial charge in [-0.25, -0.2) is 9.97 Å². The average Bonchev–Trinajstić information content (AvgIpc) is 2.58. The Morgan fingerprint density at radius 3 is 2.57 bits per heavy atom. The number of carboxylic acid groups (broad SMARTS) is 1. The SMILES string of the molecule is Nc1ncc(CN2CCC(N3CCC[C@H](C(=O)O)C3)CC2)cn1. The fourth-order valence-corrected chi connectivity index (χ4v) is 3.69. The Bertz CT molecular complexity index is 528. The Kier molecular flexibility index (Phi) is 5.07. The van der Waals surface area contributed by atoms with Crippen LogP contribution in [-0.2, 0) is 11.3 Å². The van der Waals surface area contributed by atoms with E-state index in [1.54, 1.807) is 12.4 Å². The number of carbonyl (C=O) groups is 1. The van der Waals surface area contributed by atoms with Crippen molar-refractivity contribution in [2.24, 2.45) is 5.92 Å². The predicted molar refractivity (Wildman–Crippen MR) is 86.7 cm³/mol. The molecule has 1 aromatic rings. The quantitative estimate of drug-likeness (QED) is 0.848. The van der Waals surface area contributed by atoms with E-state index in [0.717, 1.165) is 57.4 Å². The molecular weight excluding hydrogens is 294 g/mol. The van der Waals surface area contributed by atoms with Gasteiger partial charge in [0.1, 0.15) is 0 Å².